The Morgan fingerprint density at radius 2 is 1.45 bits per heavy atom. The van der Waals surface area contributed by atoms with Crippen molar-refractivity contribution in [3.8, 4) is 0 Å². The molecule has 0 heterocycles. The number of sulfonamides is 1. The fraction of sp³-hybridized carbons (Fsp3) is 0.143. The summed E-state index contributed by atoms with van der Waals surface area (Å²) < 4.78 is 63.0. The highest BCUT2D eigenvalue weighted by Crippen LogP contribution is 2.22. The Morgan fingerprint density at radius 3 is 1.95 bits per heavy atom. The van der Waals surface area contributed by atoms with Crippen molar-refractivity contribution in [1.29, 1.82) is 0 Å². The zero-order valence-electron chi connectivity index (χ0n) is 11.9. The molecule has 2 aromatic rings. The summed E-state index contributed by atoms with van der Waals surface area (Å²) in [5, 5.41) is 0. The van der Waals surface area contributed by atoms with E-state index >= 15 is 0 Å². The van der Waals surface area contributed by atoms with E-state index in [9.17, 15) is 21.2 Å². The topological polar surface area (TPSA) is 80.3 Å². The average molecular weight is 343 g/mol. The summed E-state index contributed by atoms with van der Waals surface area (Å²) in [4.78, 5) is -0.229. The minimum atomic E-state index is -3.94. The number of hydrogen-bond acceptors (Lipinski definition) is 4. The first-order chi connectivity index (χ1) is 10.1. The number of sulfone groups is 1. The normalized spacial score (nSPS) is 12.1. The largest absolute Gasteiger partial charge is 0.277 e. The molecule has 8 heteroatoms. The van der Waals surface area contributed by atoms with E-state index in [2.05, 4.69) is 4.72 Å². The summed E-state index contributed by atoms with van der Waals surface area (Å²) >= 11 is 0. The first-order valence-corrected chi connectivity index (χ1v) is 9.56. The molecule has 22 heavy (non-hydrogen) atoms. The van der Waals surface area contributed by atoms with Crippen LogP contribution in [-0.2, 0) is 19.9 Å². The third-order valence-corrected chi connectivity index (χ3v) is 5.44. The van der Waals surface area contributed by atoms with Gasteiger partial charge in [0.1, 0.15) is 5.82 Å². The molecule has 2 rings (SSSR count). The Morgan fingerprint density at radius 1 is 0.909 bits per heavy atom. The zero-order valence-corrected chi connectivity index (χ0v) is 13.5. The lowest BCUT2D eigenvalue weighted by molar-refractivity contribution is 0.595. The van der Waals surface area contributed by atoms with Gasteiger partial charge in [0, 0.05) is 6.26 Å². The van der Waals surface area contributed by atoms with Crippen molar-refractivity contribution in [2.45, 2.75) is 16.7 Å². The summed E-state index contributed by atoms with van der Waals surface area (Å²) in [6.45, 7) is 1.81. The van der Waals surface area contributed by atoms with Crippen molar-refractivity contribution in [1.82, 2.24) is 0 Å². The fourth-order valence-electron chi connectivity index (χ4n) is 1.73. The molecule has 0 saturated heterocycles. The van der Waals surface area contributed by atoms with Gasteiger partial charge in [0.2, 0.25) is 0 Å². The fourth-order valence-corrected chi connectivity index (χ4v) is 3.43. The van der Waals surface area contributed by atoms with E-state index in [0.29, 0.717) is 0 Å². The van der Waals surface area contributed by atoms with E-state index in [1.165, 1.54) is 12.1 Å². The third-order valence-electron chi connectivity index (χ3n) is 2.94. The molecule has 5 nitrogen and oxygen atoms in total. The van der Waals surface area contributed by atoms with E-state index in [0.717, 1.165) is 30.0 Å². The van der Waals surface area contributed by atoms with Crippen molar-refractivity contribution in [2.24, 2.45) is 0 Å². The van der Waals surface area contributed by atoms with Crippen LogP contribution < -0.4 is 4.72 Å². The van der Waals surface area contributed by atoms with Gasteiger partial charge in [-0.3, -0.25) is 4.72 Å². The van der Waals surface area contributed by atoms with Gasteiger partial charge in [-0.1, -0.05) is 17.7 Å². The SMILES string of the molecule is Cc1ccc(S(=O)(=O)Nc2ccc(S(C)(=O)=O)cc2F)cc1. The van der Waals surface area contributed by atoms with Crippen LogP contribution in [-0.4, -0.2) is 23.1 Å². The van der Waals surface area contributed by atoms with E-state index < -0.39 is 25.7 Å². The first-order valence-electron chi connectivity index (χ1n) is 6.19. The quantitative estimate of drug-likeness (QED) is 0.924. The van der Waals surface area contributed by atoms with E-state index in [-0.39, 0.29) is 15.5 Å². The molecule has 0 aromatic heterocycles. The lowest BCUT2D eigenvalue weighted by Gasteiger charge is -2.10. The maximum atomic E-state index is 13.9. The van der Waals surface area contributed by atoms with Gasteiger partial charge in [0.05, 0.1) is 15.5 Å². The van der Waals surface area contributed by atoms with Crippen LogP contribution in [0.1, 0.15) is 5.56 Å². The molecule has 0 aliphatic carbocycles. The Labute approximate surface area is 128 Å². The number of aryl methyl sites for hydroxylation is 1. The number of nitrogens with one attached hydrogen (secondary N) is 1. The molecule has 0 fully saturated rings. The number of benzene rings is 2. The Kier molecular flexibility index (Phi) is 4.25. The molecular formula is C14H14FNO4S2. The van der Waals surface area contributed by atoms with Crippen molar-refractivity contribution >= 4 is 25.5 Å². The number of anilines is 1. The molecule has 2 aromatic carbocycles. The maximum absolute atomic E-state index is 13.9. The highest BCUT2D eigenvalue weighted by molar-refractivity contribution is 7.92. The van der Waals surface area contributed by atoms with Gasteiger partial charge in [-0.25, -0.2) is 21.2 Å². The predicted molar refractivity (Wildman–Crippen MR) is 81.5 cm³/mol. The predicted octanol–water partition coefficient (Wildman–Crippen LogP) is 2.34. The smallest absolute Gasteiger partial charge is 0.261 e. The number of hydrogen-bond donors (Lipinski definition) is 1. The van der Waals surface area contributed by atoms with Crippen molar-refractivity contribution in [3.05, 3.63) is 53.8 Å². The molecule has 0 saturated carbocycles. The lowest BCUT2D eigenvalue weighted by Crippen LogP contribution is -2.14. The van der Waals surface area contributed by atoms with Gasteiger partial charge in [-0.05, 0) is 37.3 Å². The molecule has 0 aliphatic rings. The van der Waals surface area contributed by atoms with E-state index in [1.54, 1.807) is 12.1 Å². The molecule has 0 bridgehead atoms. The van der Waals surface area contributed by atoms with Gasteiger partial charge in [-0.15, -0.1) is 0 Å². The minimum absolute atomic E-state index is 0.00955. The standard InChI is InChI=1S/C14H14FNO4S2/c1-10-3-5-11(6-4-10)22(19,20)16-14-8-7-12(9-13(14)15)21(2,17)18/h3-9,16H,1-2H3. The minimum Gasteiger partial charge on any atom is -0.277 e. The molecule has 118 valence electrons. The second-order valence-electron chi connectivity index (χ2n) is 4.83. The van der Waals surface area contributed by atoms with Gasteiger partial charge >= 0.3 is 0 Å². The van der Waals surface area contributed by atoms with Crippen LogP contribution in [0.4, 0.5) is 10.1 Å². The van der Waals surface area contributed by atoms with Crippen LogP contribution in [0.5, 0.6) is 0 Å². The molecular weight excluding hydrogens is 329 g/mol. The number of rotatable bonds is 4. The first kappa shape index (κ1) is 16.4. The van der Waals surface area contributed by atoms with E-state index in [1.807, 2.05) is 6.92 Å². The molecule has 0 aliphatic heterocycles. The monoisotopic (exact) mass is 343 g/mol. The summed E-state index contributed by atoms with van der Waals surface area (Å²) in [6.07, 6.45) is 0.942. The molecule has 1 N–H and O–H groups in total. The van der Waals surface area contributed by atoms with Crippen molar-refractivity contribution in [2.75, 3.05) is 11.0 Å². The van der Waals surface area contributed by atoms with Gasteiger partial charge in [0.15, 0.2) is 9.84 Å². The van der Waals surface area contributed by atoms with Gasteiger partial charge in [-0.2, -0.15) is 0 Å². The molecule has 0 unspecified atom stereocenters. The van der Waals surface area contributed by atoms with Gasteiger partial charge in [0.25, 0.3) is 10.0 Å². The summed E-state index contributed by atoms with van der Waals surface area (Å²) in [5.41, 5.74) is 0.579. The second kappa shape index (κ2) is 5.69. The lowest BCUT2D eigenvalue weighted by atomic mass is 10.2. The third kappa shape index (κ3) is 3.63. The van der Waals surface area contributed by atoms with Crippen LogP contribution in [0, 0.1) is 12.7 Å². The van der Waals surface area contributed by atoms with Crippen LogP contribution >= 0.6 is 0 Å². The molecule has 0 radical (unpaired) electrons. The van der Waals surface area contributed by atoms with Crippen LogP contribution in [0.15, 0.2) is 52.3 Å². The van der Waals surface area contributed by atoms with E-state index in [4.69, 9.17) is 0 Å². The Balaban J connectivity index is 2.36. The molecule has 0 atom stereocenters. The molecule has 0 spiro atoms. The van der Waals surface area contributed by atoms with Crippen LogP contribution in [0.2, 0.25) is 0 Å². The maximum Gasteiger partial charge on any atom is 0.261 e. The summed E-state index contributed by atoms with van der Waals surface area (Å²) in [7, 11) is -7.50. The zero-order chi connectivity index (χ0) is 16.5. The Hall–Kier alpha value is -1.93. The number of halogens is 1. The van der Waals surface area contributed by atoms with Gasteiger partial charge < -0.3 is 0 Å². The van der Waals surface area contributed by atoms with Crippen molar-refractivity contribution in [3.63, 3.8) is 0 Å². The van der Waals surface area contributed by atoms with Crippen LogP contribution in [0.3, 0.4) is 0 Å². The highest BCUT2D eigenvalue weighted by Gasteiger charge is 2.17. The Bertz CT molecular complexity index is 904. The molecule has 0 amide bonds. The second-order valence-corrected chi connectivity index (χ2v) is 8.53. The average Bonchev–Trinajstić information content (AvgIpc) is 2.40. The van der Waals surface area contributed by atoms with Crippen LogP contribution in [0.25, 0.3) is 0 Å². The summed E-state index contributed by atoms with van der Waals surface area (Å²) in [6, 6.07) is 9.06. The van der Waals surface area contributed by atoms with Crippen molar-refractivity contribution < 1.29 is 21.2 Å². The highest BCUT2D eigenvalue weighted by atomic mass is 32.2. The summed E-state index contributed by atoms with van der Waals surface area (Å²) in [5.74, 6) is -0.960.